The fraction of sp³-hybridized carbons (Fsp3) is 0.133. The van der Waals surface area contributed by atoms with Crippen molar-refractivity contribution < 1.29 is 28.6 Å². The summed E-state index contributed by atoms with van der Waals surface area (Å²) in [5, 5.41) is 13.0. The lowest BCUT2D eigenvalue weighted by Gasteiger charge is -2.27. The molecule has 0 radical (unpaired) electrons. The third-order valence-corrected chi connectivity index (χ3v) is 7.23. The third kappa shape index (κ3) is 3.83. The average Bonchev–Trinajstić information content (AvgIpc) is 3.59. The Morgan fingerprint density at radius 1 is 1.05 bits per heavy atom. The van der Waals surface area contributed by atoms with Crippen LogP contribution in [0, 0.1) is 6.92 Å². The molecule has 1 unspecified atom stereocenters. The van der Waals surface area contributed by atoms with Crippen molar-refractivity contribution in [3.05, 3.63) is 100 Å². The molecule has 3 heterocycles. The molecule has 0 aliphatic carbocycles. The Kier molecular flexibility index (Phi) is 5.84. The fourth-order valence-corrected chi connectivity index (χ4v) is 5.47. The minimum atomic E-state index is -0.937. The number of hydrogen-bond donors (Lipinski definition) is 2. The number of aliphatic hydroxyl groups excluding tert-OH is 1. The highest BCUT2D eigenvalue weighted by Gasteiger charge is 2.47. The van der Waals surface area contributed by atoms with Crippen molar-refractivity contribution in [2.45, 2.75) is 13.0 Å². The molecule has 39 heavy (non-hydrogen) atoms. The number of furan rings is 1. The van der Waals surface area contributed by atoms with Crippen LogP contribution in [0.4, 0.5) is 5.69 Å². The van der Waals surface area contributed by atoms with E-state index in [-0.39, 0.29) is 11.3 Å². The van der Waals surface area contributed by atoms with E-state index in [0.29, 0.717) is 38.7 Å². The molecule has 0 fully saturated rings. The highest BCUT2D eigenvalue weighted by atomic mass is 35.5. The number of rotatable bonds is 6. The minimum Gasteiger partial charge on any atom is -0.503 e. The number of anilines is 1. The molecule has 1 atom stereocenters. The van der Waals surface area contributed by atoms with Crippen LogP contribution in [0.3, 0.4) is 0 Å². The summed E-state index contributed by atoms with van der Waals surface area (Å²) in [6.45, 7) is 1.87. The highest BCUT2D eigenvalue weighted by molar-refractivity contribution is 6.31. The second kappa shape index (κ2) is 9.25. The maximum absolute atomic E-state index is 14.1. The summed E-state index contributed by atoms with van der Waals surface area (Å²) in [5.41, 5.74) is 3.02. The largest absolute Gasteiger partial charge is 0.503 e. The van der Waals surface area contributed by atoms with Crippen LogP contribution in [-0.4, -0.2) is 36.0 Å². The molecule has 8 nitrogen and oxygen atoms in total. The maximum Gasteiger partial charge on any atom is 0.294 e. The van der Waals surface area contributed by atoms with Crippen molar-refractivity contribution >= 4 is 50.9 Å². The lowest BCUT2D eigenvalue weighted by atomic mass is 9.92. The third-order valence-electron chi connectivity index (χ3n) is 7.01. The molecule has 3 aromatic carbocycles. The van der Waals surface area contributed by atoms with E-state index in [9.17, 15) is 14.7 Å². The zero-order valence-electron chi connectivity index (χ0n) is 21.2. The second-order valence-corrected chi connectivity index (χ2v) is 9.65. The maximum atomic E-state index is 14.1. The van der Waals surface area contributed by atoms with Crippen LogP contribution < -0.4 is 14.4 Å². The van der Waals surface area contributed by atoms with Gasteiger partial charge in [-0.15, -0.1) is 0 Å². The molecule has 6 rings (SSSR count). The number of hydrogen-bond acceptors (Lipinski definition) is 6. The van der Waals surface area contributed by atoms with Crippen molar-refractivity contribution in [1.29, 1.82) is 0 Å². The van der Waals surface area contributed by atoms with E-state index in [1.54, 1.807) is 43.5 Å². The minimum absolute atomic E-state index is 0.0565. The number of para-hydroxylation sites is 1. The highest BCUT2D eigenvalue weighted by Crippen LogP contribution is 2.46. The lowest BCUT2D eigenvalue weighted by Crippen LogP contribution is -2.31. The van der Waals surface area contributed by atoms with Gasteiger partial charge in [-0.1, -0.05) is 29.8 Å². The van der Waals surface area contributed by atoms with Crippen molar-refractivity contribution in [3.63, 3.8) is 0 Å². The number of H-pyrrole nitrogens is 1. The van der Waals surface area contributed by atoms with Crippen LogP contribution in [0.25, 0.3) is 21.9 Å². The van der Waals surface area contributed by atoms with Crippen LogP contribution in [-0.2, 0) is 4.79 Å². The molecule has 0 spiro atoms. The topological polar surface area (TPSA) is 105 Å². The number of methoxy groups -OCH3 is 2. The number of aryl methyl sites for hydroxylation is 1. The summed E-state index contributed by atoms with van der Waals surface area (Å²) in [4.78, 5) is 32.5. The number of ketones is 1. The van der Waals surface area contributed by atoms with Gasteiger partial charge in [0.2, 0.25) is 5.78 Å². The predicted octanol–water partition coefficient (Wildman–Crippen LogP) is 6.68. The van der Waals surface area contributed by atoms with Crippen LogP contribution in [0.1, 0.15) is 27.9 Å². The first-order valence-electron chi connectivity index (χ1n) is 12.1. The van der Waals surface area contributed by atoms with Gasteiger partial charge in [0.25, 0.3) is 5.91 Å². The molecule has 2 N–H and O–H groups in total. The Labute approximate surface area is 228 Å². The number of aromatic amines is 1. The zero-order chi connectivity index (χ0) is 27.4. The molecule has 2 aromatic heterocycles. The van der Waals surface area contributed by atoms with Gasteiger partial charge in [-0.3, -0.25) is 14.5 Å². The van der Waals surface area contributed by atoms with Gasteiger partial charge in [0.1, 0.15) is 5.75 Å². The number of benzene rings is 3. The smallest absolute Gasteiger partial charge is 0.294 e. The van der Waals surface area contributed by atoms with E-state index >= 15 is 0 Å². The van der Waals surface area contributed by atoms with E-state index in [1.165, 1.54) is 18.1 Å². The first-order valence-corrected chi connectivity index (χ1v) is 12.5. The Bertz CT molecular complexity index is 1810. The van der Waals surface area contributed by atoms with Gasteiger partial charge in [-0.2, -0.15) is 0 Å². The first kappa shape index (κ1) is 24.6. The molecule has 1 aliphatic rings. The van der Waals surface area contributed by atoms with Gasteiger partial charge in [-0.25, -0.2) is 0 Å². The average molecular weight is 543 g/mol. The summed E-state index contributed by atoms with van der Waals surface area (Å²) in [6, 6.07) is 18.3. The molecule has 0 saturated heterocycles. The number of carbonyl (C=O) groups is 2. The normalized spacial score (nSPS) is 15.5. The van der Waals surface area contributed by atoms with E-state index in [2.05, 4.69) is 4.98 Å². The summed E-state index contributed by atoms with van der Waals surface area (Å²) in [7, 11) is 3.02. The Morgan fingerprint density at radius 3 is 2.51 bits per heavy atom. The zero-order valence-corrected chi connectivity index (χ0v) is 22.0. The Morgan fingerprint density at radius 2 is 1.79 bits per heavy atom. The van der Waals surface area contributed by atoms with E-state index in [4.69, 9.17) is 25.5 Å². The fourth-order valence-electron chi connectivity index (χ4n) is 5.25. The molecular weight excluding hydrogens is 520 g/mol. The summed E-state index contributed by atoms with van der Waals surface area (Å²) >= 11 is 6.21. The molecule has 0 bridgehead atoms. The van der Waals surface area contributed by atoms with Gasteiger partial charge in [-0.05, 0) is 49.4 Å². The summed E-state index contributed by atoms with van der Waals surface area (Å²) in [6.07, 6.45) is 0. The van der Waals surface area contributed by atoms with E-state index in [0.717, 1.165) is 16.6 Å². The number of carbonyl (C=O) groups excluding carboxylic acids is 2. The standard InChI is InChI=1S/C30H23ClN2O6/c1-15-24(20-6-4-5-7-21(20)32-15)26-25(28(35)30(36)33(26)18-8-10-19(37-2)11-9-18)27(34)22-13-16-12-17(31)14-23(38-3)29(16)39-22/h4-14,26,32,35H,1-3H3. The molecule has 1 amide bonds. The number of Topliss-reactive ketones (excluding diaryl/α,β-unsaturated/α-hetero) is 1. The Hall–Kier alpha value is -4.69. The van der Waals surface area contributed by atoms with Crippen molar-refractivity contribution in [2.24, 2.45) is 0 Å². The monoisotopic (exact) mass is 542 g/mol. The van der Waals surface area contributed by atoms with Crippen LogP contribution in [0.2, 0.25) is 5.02 Å². The number of halogens is 1. The second-order valence-electron chi connectivity index (χ2n) is 9.21. The van der Waals surface area contributed by atoms with E-state index in [1.807, 2.05) is 31.2 Å². The molecule has 9 heteroatoms. The number of aliphatic hydroxyl groups is 1. The van der Waals surface area contributed by atoms with Crippen LogP contribution in [0.15, 0.2) is 82.5 Å². The number of nitrogens with one attached hydrogen (secondary N) is 1. The predicted molar refractivity (Wildman–Crippen MR) is 148 cm³/mol. The number of ether oxygens (including phenoxy) is 2. The number of amides is 1. The number of fused-ring (bicyclic) bond motifs is 2. The lowest BCUT2D eigenvalue weighted by molar-refractivity contribution is -0.117. The number of nitrogens with zero attached hydrogens (tertiary/aromatic N) is 1. The van der Waals surface area contributed by atoms with Crippen molar-refractivity contribution in [2.75, 3.05) is 19.1 Å². The van der Waals surface area contributed by atoms with Crippen molar-refractivity contribution in [1.82, 2.24) is 4.98 Å². The van der Waals surface area contributed by atoms with Gasteiger partial charge >= 0.3 is 0 Å². The quantitative estimate of drug-likeness (QED) is 0.232. The van der Waals surface area contributed by atoms with E-state index < -0.39 is 23.5 Å². The molecule has 0 saturated carbocycles. The molecule has 196 valence electrons. The Balaban J connectivity index is 1.56. The van der Waals surface area contributed by atoms with Crippen molar-refractivity contribution in [3.8, 4) is 11.5 Å². The SMILES string of the molecule is COc1ccc(N2C(=O)C(O)=C(C(=O)c3cc4cc(Cl)cc(OC)c4o3)C2c2c(C)[nH]c3ccccc23)cc1. The van der Waals surface area contributed by atoms with Gasteiger partial charge in [0.15, 0.2) is 22.9 Å². The van der Waals surface area contributed by atoms with Gasteiger partial charge in [0, 0.05) is 44.3 Å². The summed E-state index contributed by atoms with van der Waals surface area (Å²) < 4.78 is 16.6. The first-order chi connectivity index (χ1) is 18.8. The summed E-state index contributed by atoms with van der Waals surface area (Å²) in [5.74, 6) is -1.06. The molecule has 1 aliphatic heterocycles. The van der Waals surface area contributed by atoms with Crippen LogP contribution in [0.5, 0.6) is 11.5 Å². The van der Waals surface area contributed by atoms with Gasteiger partial charge < -0.3 is 24.0 Å². The molecular formula is C30H23ClN2O6. The molecule has 5 aromatic rings. The number of aromatic nitrogens is 1. The van der Waals surface area contributed by atoms with Gasteiger partial charge in [0.05, 0.1) is 25.8 Å². The van der Waals surface area contributed by atoms with Crippen LogP contribution >= 0.6 is 11.6 Å².